The number of aromatic hydroxyl groups is 1. The average molecular weight is 389 g/mol. The number of nitrogens with zero attached hydrogens (tertiary/aromatic N) is 1. The van der Waals surface area contributed by atoms with Crippen LogP contribution in [0.25, 0.3) is 0 Å². The Labute approximate surface area is 163 Å². The van der Waals surface area contributed by atoms with Gasteiger partial charge in [-0.05, 0) is 36.2 Å². The molecule has 3 rings (SSSR count). The van der Waals surface area contributed by atoms with Crippen LogP contribution in [0.4, 0.5) is 0 Å². The van der Waals surface area contributed by atoms with Gasteiger partial charge in [-0.25, -0.2) is 0 Å². The van der Waals surface area contributed by atoms with Gasteiger partial charge in [-0.15, -0.1) is 11.8 Å². The second kappa shape index (κ2) is 8.43. The molecule has 6 nitrogen and oxygen atoms in total. The summed E-state index contributed by atoms with van der Waals surface area (Å²) in [4.78, 5) is 14.4. The van der Waals surface area contributed by atoms with Gasteiger partial charge >= 0.3 is 0 Å². The quantitative estimate of drug-likeness (QED) is 0.784. The van der Waals surface area contributed by atoms with Crippen LogP contribution < -0.4 is 14.2 Å². The van der Waals surface area contributed by atoms with Crippen molar-refractivity contribution in [2.75, 3.05) is 33.6 Å². The zero-order valence-corrected chi connectivity index (χ0v) is 16.4. The lowest BCUT2D eigenvalue weighted by Crippen LogP contribution is -2.30. The van der Waals surface area contributed by atoms with Crippen molar-refractivity contribution in [1.82, 2.24) is 4.90 Å². The van der Waals surface area contributed by atoms with E-state index in [0.29, 0.717) is 36.0 Å². The number of phenols is 1. The van der Waals surface area contributed by atoms with Crippen LogP contribution in [0.5, 0.6) is 23.0 Å². The fraction of sp³-hybridized carbons (Fsp3) is 0.350. The molecule has 0 bridgehead atoms. The van der Waals surface area contributed by atoms with E-state index in [0.717, 1.165) is 11.1 Å². The highest BCUT2D eigenvalue weighted by molar-refractivity contribution is 8.00. The summed E-state index contributed by atoms with van der Waals surface area (Å²) < 4.78 is 16.2. The van der Waals surface area contributed by atoms with Crippen LogP contribution in [0.2, 0.25) is 0 Å². The van der Waals surface area contributed by atoms with Gasteiger partial charge in [-0.2, -0.15) is 0 Å². The van der Waals surface area contributed by atoms with Gasteiger partial charge in [0, 0.05) is 6.54 Å². The van der Waals surface area contributed by atoms with Crippen molar-refractivity contribution in [3.05, 3.63) is 47.5 Å². The SMILES string of the molecule is COc1cc(CCN2C(=O)CSC2c2c(OC)cccc2OC)ccc1O. The Morgan fingerprint density at radius 2 is 1.74 bits per heavy atom. The van der Waals surface area contributed by atoms with Crippen LogP contribution in [0, 0.1) is 0 Å². The summed E-state index contributed by atoms with van der Waals surface area (Å²) in [6, 6.07) is 10.9. The third-order valence-electron chi connectivity index (χ3n) is 4.57. The van der Waals surface area contributed by atoms with Crippen LogP contribution in [0.1, 0.15) is 16.5 Å². The molecule has 0 spiro atoms. The standard InChI is InChI=1S/C20H23NO5S/c1-24-15-5-4-6-16(25-2)19(15)20-21(18(23)12-27-20)10-9-13-7-8-14(22)17(11-13)26-3/h4-8,11,20,22H,9-10,12H2,1-3H3. The summed E-state index contributed by atoms with van der Waals surface area (Å²) in [6.45, 7) is 0.547. The first-order valence-corrected chi connectivity index (χ1v) is 9.61. The van der Waals surface area contributed by atoms with Crippen molar-refractivity contribution in [3.63, 3.8) is 0 Å². The van der Waals surface area contributed by atoms with Crippen LogP contribution in [0.15, 0.2) is 36.4 Å². The van der Waals surface area contributed by atoms with E-state index in [1.807, 2.05) is 29.2 Å². The molecule has 2 aromatic rings. The second-order valence-electron chi connectivity index (χ2n) is 6.08. The van der Waals surface area contributed by atoms with E-state index in [1.54, 1.807) is 38.1 Å². The van der Waals surface area contributed by atoms with Crippen molar-refractivity contribution in [2.45, 2.75) is 11.8 Å². The van der Waals surface area contributed by atoms with Gasteiger partial charge in [0.05, 0.1) is 32.6 Å². The lowest BCUT2D eigenvalue weighted by molar-refractivity contribution is -0.128. The van der Waals surface area contributed by atoms with Gasteiger partial charge in [0.15, 0.2) is 11.5 Å². The van der Waals surface area contributed by atoms with Crippen molar-refractivity contribution in [1.29, 1.82) is 0 Å². The molecule has 1 atom stereocenters. The zero-order chi connectivity index (χ0) is 19.4. The van der Waals surface area contributed by atoms with E-state index in [4.69, 9.17) is 14.2 Å². The maximum absolute atomic E-state index is 12.5. The minimum atomic E-state index is -0.164. The number of benzene rings is 2. The summed E-state index contributed by atoms with van der Waals surface area (Å²) in [5, 5.41) is 9.58. The van der Waals surface area contributed by atoms with Crippen molar-refractivity contribution < 1.29 is 24.1 Å². The van der Waals surface area contributed by atoms with Crippen molar-refractivity contribution in [3.8, 4) is 23.0 Å². The lowest BCUT2D eigenvalue weighted by Gasteiger charge is -2.27. The maximum atomic E-state index is 12.5. The van der Waals surface area contributed by atoms with E-state index >= 15 is 0 Å². The highest BCUT2D eigenvalue weighted by Gasteiger charge is 2.36. The Balaban J connectivity index is 1.84. The second-order valence-corrected chi connectivity index (χ2v) is 7.15. The molecule has 1 amide bonds. The van der Waals surface area contributed by atoms with E-state index in [1.165, 1.54) is 7.11 Å². The largest absolute Gasteiger partial charge is 0.504 e. The maximum Gasteiger partial charge on any atom is 0.233 e. The van der Waals surface area contributed by atoms with E-state index in [9.17, 15) is 9.90 Å². The van der Waals surface area contributed by atoms with E-state index in [2.05, 4.69) is 0 Å². The summed E-state index contributed by atoms with van der Waals surface area (Å²) in [5.41, 5.74) is 1.86. The zero-order valence-electron chi connectivity index (χ0n) is 15.6. The van der Waals surface area contributed by atoms with Gasteiger partial charge in [0.2, 0.25) is 5.91 Å². The number of thioether (sulfide) groups is 1. The topological polar surface area (TPSA) is 68.2 Å². The predicted octanol–water partition coefficient (Wildman–Crippen LogP) is 3.23. The molecule has 0 radical (unpaired) electrons. The first-order valence-electron chi connectivity index (χ1n) is 8.57. The molecule has 1 saturated heterocycles. The summed E-state index contributed by atoms with van der Waals surface area (Å²) in [7, 11) is 4.75. The van der Waals surface area contributed by atoms with Crippen LogP contribution in [0.3, 0.4) is 0 Å². The lowest BCUT2D eigenvalue weighted by atomic mass is 10.1. The predicted molar refractivity (Wildman–Crippen MR) is 105 cm³/mol. The molecule has 144 valence electrons. The molecular weight excluding hydrogens is 366 g/mol. The van der Waals surface area contributed by atoms with E-state index < -0.39 is 0 Å². The third-order valence-corrected chi connectivity index (χ3v) is 5.79. The number of ether oxygens (including phenoxy) is 3. The fourth-order valence-corrected chi connectivity index (χ4v) is 4.45. The Morgan fingerprint density at radius 1 is 1.07 bits per heavy atom. The minimum Gasteiger partial charge on any atom is -0.504 e. The Hall–Kier alpha value is -2.54. The molecular formula is C20H23NO5S. The molecule has 0 aliphatic carbocycles. The smallest absolute Gasteiger partial charge is 0.233 e. The summed E-state index contributed by atoms with van der Waals surface area (Å²) in [6.07, 6.45) is 0.650. The molecule has 27 heavy (non-hydrogen) atoms. The number of phenolic OH excluding ortho intramolecular Hbond substituents is 1. The Morgan fingerprint density at radius 3 is 2.37 bits per heavy atom. The highest BCUT2D eigenvalue weighted by Crippen LogP contribution is 2.46. The fourth-order valence-electron chi connectivity index (χ4n) is 3.19. The average Bonchev–Trinajstić information content (AvgIpc) is 3.06. The molecule has 0 aromatic heterocycles. The number of amides is 1. The summed E-state index contributed by atoms with van der Waals surface area (Å²) in [5.74, 6) is 2.45. The van der Waals surface area contributed by atoms with Crippen molar-refractivity contribution in [2.24, 2.45) is 0 Å². The number of hydrogen-bond donors (Lipinski definition) is 1. The first kappa shape index (κ1) is 19.2. The first-order chi connectivity index (χ1) is 13.1. The van der Waals surface area contributed by atoms with Crippen LogP contribution >= 0.6 is 11.8 Å². The Bertz CT molecular complexity index is 804. The number of carbonyl (C=O) groups is 1. The number of carbonyl (C=O) groups excluding carboxylic acids is 1. The third kappa shape index (κ3) is 3.93. The van der Waals surface area contributed by atoms with Crippen LogP contribution in [-0.2, 0) is 11.2 Å². The van der Waals surface area contributed by atoms with Crippen molar-refractivity contribution >= 4 is 17.7 Å². The molecule has 1 fully saturated rings. The summed E-state index contributed by atoms with van der Waals surface area (Å²) >= 11 is 1.57. The number of rotatable bonds is 7. The molecule has 0 saturated carbocycles. The van der Waals surface area contributed by atoms with Gasteiger partial charge < -0.3 is 24.2 Å². The molecule has 7 heteroatoms. The van der Waals surface area contributed by atoms with Crippen LogP contribution in [-0.4, -0.2) is 49.5 Å². The minimum absolute atomic E-state index is 0.0868. The molecule has 2 aromatic carbocycles. The van der Waals surface area contributed by atoms with Gasteiger partial charge in [-0.3, -0.25) is 4.79 Å². The number of methoxy groups -OCH3 is 3. The normalized spacial score (nSPS) is 16.5. The molecule has 1 aliphatic rings. The Kier molecular flexibility index (Phi) is 6.01. The van der Waals surface area contributed by atoms with Gasteiger partial charge in [0.1, 0.15) is 16.9 Å². The molecule has 1 aliphatic heterocycles. The van der Waals surface area contributed by atoms with Gasteiger partial charge in [-0.1, -0.05) is 12.1 Å². The molecule has 1 heterocycles. The van der Waals surface area contributed by atoms with E-state index in [-0.39, 0.29) is 17.0 Å². The van der Waals surface area contributed by atoms with Gasteiger partial charge in [0.25, 0.3) is 0 Å². The monoisotopic (exact) mass is 389 g/mol. The molecule has 1 unspecified atom stereocenters. The highest BCUT2D eigenvalue weighted by atomic mass is 32.2. The molecule has 1 N–H and O–H groups in total. The number of hydrogen-bond acceptors (Lipinski definition) is 6.